The number of aromatic nitrogens is 1. The molecule has 0 atom stereocenters. The molecule has 1 aliphatic carbocycles. The normalized spacial score (nSPS) is 16.9. The molecule has 0 aromatic carbocycles. The molecule has 0 unspecified atom stereocenters. The molecule has 0 amide bonds. The number of rotatable bonds is 1. The van der Waals surface area contributed by atoms with Crippen molar-refractivity contribution in [3.05, 3.63) is 29.3 Å². The predicted molar refractivity (Wildman–Crippen MR) is 40.9 cm³/mol. The Balaban J connectivity index is 2.39. The van der Waals surface area contributed by atoms with Gasteiger partial charge in [-0.3, -0.25) is 0 Å². The zero-order valence-corrected chi connectivity index (χ0v) is 6.47. The molecule has 1 heterocycles. The Morgan fingerprint density at radius 2 is 2.18 bits per heavy atom. The molecule has 0 N–H and O–H groups in total. The van der Waals surface area contributed by atoms with Crippen LogP contribution in [0.2, 0.25) is 0 Å². The third-order valence-corrected chi connectivity index (χ3v) is 2.11. The van der Waals surface area contributed by atoms with Gasteiger partial charge in [0, 0.05) is 5.69 Å². The van der Waals surface area contributed by atoms with Crippen molar-refractivity contribution in [3.8, 4) is 0 Å². The molecule has 2 heteroatoms. The van der Waals surface area contributed by atoms with Gasteiger partial charge in [-0.1, -0.05) is 6.07 Å². The van der Waals surface area contributed by atoms with Crippen LogP contribution in [0.15, 0.2) is 12.1 Å². The Hall–Kier alpha value is -0.920. The minimum absolute atomic E-state index is 0.369. The first-order chi connectivity index (χ1) is 5.27. The SMILES string of the molecule is Cc1nc(F)ccc1C1CC1. The van der Waals surface area contributed by atoms with Gasteiger partial charge in [-0.05, 0) is 37.3 Å². The van der Waals surface area contributed by atoms with E-state index in [-0.39, 0.29) is 5.95 Å². The molecule has 0 aliphatic heterocycles. The quantitative estimate of drug-likeness (QED) is 0.561. The monoisotopic (exact) mass is 151 g/mol. The first-order valence-electron chi connectivity index (χ1n) is 3.90. The van der Waals surface area contributed by atoms with Gasteiger partial charge in [-0.15, -0.1) is 0 Å². The Morgan fingerprint density at radius 1 is 1.45 bits per heavy atom. The van der Waals surface area contributed by atoms with E-state index in [0.29, 0.717) is 5.92 Å². The molecule has 0 radical (unpaired) electrons. The molecule has 2 rings (SSSR count). The van der Waals surface area contributed by atoms with Gasteiger partial charge in [-0.2, -0.15) is 4.39 Å². The van der Waals surface area contributed by atoms with E-state index in [2.05, 4.69) is 4.98 Å². The lowest BCUT2D eigenvalue weighted by Gasteiger charge is -2.00. The standard InChI is InChI=1S/C9H10FN/c1-6-8(7-2-3-7)4-5-9(10)11-6/h4-5,7H,2-3H2,1H3. The highest BCUT2D eigenvalue weighted by Gasteiger charge is 2.25. The van der Waals surface area contributed by atoms with Crippen LogP contribution in [0.25, 0.3) is 0 Å². The fourth-order valence-corrected chi connectivity index (χ4v) is 1.37. The Bertz CT molecular complexity index is 279. The van der Waals surface area contributed by atoms with E-state index in [0.717, 1.165) is 5.69 Å². The van der Waals surface area contributed by atoms with Crippen molar-refractivity contribution in [2.45, 2.75) is 25.7 Å². The van der Waals surface area contributed by atoms with Crippen molar-refractivity contribution < 1.29 is 4.39 Å². The number of nitrogens with zero attached hydrogens (tertiary/aromatic N) is 1. The van der Waals surface area contributed by atoms with Gasteiger partial charge in [0.2, 0.25) is 5.95 Å². The first kappa shape index (κ1) is 6.77. The van der Waals surface area contributed by atoms with Gasteiger partial charge in [0.05, 0.1) is 0 Å². The van der Waals surface area contributed by atoms with Crippen LogP contribution in [-0.4, -0.2) is 4.98 Å². The zero-order valence-electron chi connectivity index (χ0n) is 6.47. The van der Waals surface area contributed by atoms with E-state index in [4.69, 9.17) is 0 Å². The first-order valence-corrected chi connectivity index (χ1v) is 3.90. The second-order valence-electron chi connectivity index (χ2n) is 3.08. The topological polar surface area (TPSA) is 12.9 Å². The van der Waals surface area contributed by atoms with Crippen molar-refractivity contribution in [1.29, 1.82) is 0 Å². The van der Waals surface area contributed by atoms with E-state index >= 15 is 0 Å². The summed E-state index contributed by atoms with van der Waals surface area (Å²) in [6.07, 6.45) is 2.49. The lowest BCUT2D eigenvalue weighted by molar-refractivity contribution is 0.578. The van der Waals surface area contributed by atoms with Crippen molar-refractivity contribution in [2.75, 3.05) is 0 Å². The van der Waals surface area contributed by atoms with Crippen molar-refractivity contribution in [3.63, 3.8) is 0 Å². The molecule has 1 aromatic heterocycles. The van der Waals surface area contributed by atoms with Crippen LogP contribution >= 0.6 is 0 Å². The zero-order chi connectivity index (χ0) is 7.84. The summed E-state index contributed by atoms with van der Waals surface area (Å²) in [5.74, 6) is 0.301. The average Bonchev–Trinajstić information content (AvgIpc) is 2.70. The van der Waals surface area contributed by atoms with Gasteiger partial charge in [0.1, 0.15) is 0 Å². The number of hydrogen-bond donors (Lipinski definition) is 0. The molecular formula is C9H10FN. The van der Waals surface area contributed by atoms with Crippen molar-refractivity contribution in [1.82, 2.24) is 4.98 Å². The highest BCUT2D eigenvalue weighted by molar-refractivity contribution is 5.26. The minimum Gasteiger partial charge on any atom is -0.225 e. The van der Waals surface area contributed by atoms with Gasteiger partial charge < -0.3 is 0 Å². The van der Waals surface area contributed by atoms with Gasteiger partial charge in [-0.25, -0.2) is 4.98 Å². The summed E-state index contributed by atoms with van der Waals surface area (Å²) in [5, 5.41) is 0. The molecule has 58 valence electrons. The fourth-order valence-electron chi connectivity index (χ4n) is 1.37. The van der Waals surface area contributed by atoms with Crippen LogP contribution in [0.5, 0.6) is 0 Å². The lowest BCUT2D eigenvalue weighted by Crippen LogP contribution is -1.92. The molecule has 0 saturated heterocycles. The van der Waals surface area contributed by atoms with Crippen molar-refractivity contribution in [2.24, 2.45) is 0 Å². The third kappa shape index (κ3) is 1.25. The number of aryl methyl sites for hydroxylation is 1. The molecule has 1 saturated carbocycles. The van der Waals surface area contributed by atoms with E-state index in [1.165, 1.54) is 24.5 Å². The van der Waals surface area contributed by atoms with Gasteiger partial charge >= 0.3 is 0 Å². The Morgan fingerprint density at radius 3 is 2.73 bits per heavy atom. The van der Waals surface area contributed by atoms with E-state index in [9.17, 15) is 4.39 Å². The van der Waals surface area contributed by atoms with Crippen molar-refractivity contribution >= 4 is 0 Å². The maximum Gasteiger partial charge on any atom is 0.213 e. The maximum atomic E-state index is 12.5. The Labute approximate surface area is 65.3 Å². The maximum absolute atomic E-state index is 12.5. The minimum atomic E-state index is -0.369. The molecule has 1 aromatic rings. The van der Waals surface area contributed by atoms with Crippen LogP contribution in [0, 0.1) is 12.9 Å². The Kier molecular flexibility index (Phi) is 1.41. The molecule has 1 nitrogen and oxygen atoms in total. The molecule has 1 fully saturated rings. The summed E-state index contributed by atoms with van der Waals surface area (Å²) < 4.78 is 12.5. The van der Waals surface area contributed by atoms with E-state index in [1.54, 1.807) is 0 Å². The average molecular weight is 151 g/mol. The second kappa shape index (κ2) is 2.29. The highest BCUT2D eigenvalue weighted by atomic mass is 19.1. The summed E-state index contributed by atoms with van der Waals surface area (Å²) in [6.45, 7) is 1.87. The van der Waals surface area contributed by atoms with Crippen LogP contribution in [0.4, 0.5) is 4.39 Å². The number of hydrogen-bond acceptors (Lipinski definition) is 1. The van der Waals surface area contributed by atoms with E-state index in [1.807, 2.05) is 13.0 Å². The lowest BCUT2D eigenvalue weighted by atomic mass is 10.1. The van der Waals surface area contributed by atoms with Crippen LogP contribution in [0.3, 0.4) is 0 Å². The fraction of sp³-hybridized carbons (Fsp3) is 0.444. The van der Waals surface area contributed by atoms with Gasteiger partial charge in [0.15, 0.2) is 0 Å². The molecular weight excluding hydrogens is 141 g/mol. The van der Waals surface area contributed by atoms with E-state index < -0.39 is 0 Å². The second-order valence-corrected chi connectivity index (χ2v) is 3.08. The van der Waals surface area contributed by atoms with Gasteiger partial charge in [0.25, 0.3) is 0 Å². The smallest absolute Gasteiger partial charge is 0.213 e. The molecule has 1 aliphatic rings. The number of pyridine rings is 1. The molecule has 0 bridgehead atoms. The highest BCUT2D eigenvalue weighted by Crippen LogP contribution is 2.40. The van der Waals surface area contributed by atoms with Crippen LogP contribution in [-0.2, 0) is 0 Å². The number of halogens is 1. The van der Waals surface area contributed by atoms with Crippen LogP contribution in [0.1, 0.15) is 30.0 Å². The summed E-state index contributed by atoms with van der Waals surface area (Å²) in [4.78, 5) is 3.77. The molecule has 11 heavy (non-hydrogen) atoms. The predicted octanol–water partition coefficient (Wildman–Crippen LogP) is 2.41. The summed E-state index contributed by atoms with van der Waals surface area (Å²) in [6, 6.07) is 3.30. The summed E-state index contributed by atoms with van der Waals surface area (Å²) >= 11 is 0. The summed E-state index contributed by atoms with van der Waals surface area (Å²) in [5.41, 5.74) is 2.08. The largest absolute Gasteiger partial charge is 0.225 e. The molecule has 0 spiro atoms. The third-order valence-electron chi connectivity index (χ3n) is 2.11. The summed E-state index contributed by atoms with van der Waals surface area (Å²) in [7, 11) is 0. The van der Waals surface area contributed by atoms with Crippen LogP contribution < -0.4 is 0 Å².